The van der Waals surface area contributed by atoms with Gasteiger partial charge in [-0.3, -0.25) is 4.90 Å². The van der Waals surface area contributed by atoms with Crippen molar-refractivity contribution < 1.29 is 0 Å². The molecular formula is C11H11BrClN3S. The molecule has 0 saturated heterocycles. The highest BCUT2D eigenvalue weighted by Gasteiger charge is 2.07. The van der Waals surface area contributed by atoms with E-state index >= 15 is 0 Å². The minimum absolute atomic E-state index is 0.495. The largest absolute Gasteiger partial charge is 0.295 e. The molecule has 0 aliphatic heterocycles. The summed E-state index contributed by atoms with van der Waals surface area (Å²) in [7, 11) is 2.05. The normalized spacial score (nSPS) is 11.1. The molecule has 0 spiro atoms. The van der Waals surface area contributed by atoms with Gasteiger partial charge in [-0.15, -0.1) is 10.2 Å². The zero-order chi connectivity index (χ0) is 12.3. The Labute approximate surface area is 118 Å². The van der Waals surface area contributed by atoms with E-state index in [1.807, 2.05) is 18.2 Å². The predicted octanol–water partition coefficient (Wildman–Crippen LogP) is 3.59. The standard InChI is InChI=1S/C11H11BrClN3S/c1-16(7-10-14-15-11(13)17-10)6-8-4-2-3-5-9(8)12/h2-5H,6-7H2,1H3. The van der Waals surface area contributed by atoms with Crippen molar-refractivity contribution in [2.45, 2.75) is 13.1 Å². The molecule has 90 valence electrons. The Hall–Kier alpha value is -0.490. The van der Waals surface area contributed by atoms with Gasteiger partial charge in [-0.25, -0.2) is 0 Å². The second-order valence-electron chi connectivity index (χ2n) is 3.71. The first-order valence-corrected chi connectivity index (χ1v) is 7.04. The Balaban J connectivity index is 1.98. The van der Waals surface area contributed by atoms with E-state index in [4.69, 9.17) is 11.6 Å². The molecule has 0 atom stereocenters. The Morgan fingerprint density at radius 3 is 2.71 bits per heavy atom. The molecule has 0 bridgehead atoms. The molecule has 0 saturated carbocycles. The minimum atomic E-state index is 0.495. The summed E-state index contributed by atoms with van der Waals surface area (Å²) >= 11 is 10.7. The fraction of sp³-hybridized carbons (Fsp3) is 0.273. The van der Waals surface area contributed by atoms with Crippen molar-refractivity contribution in [2.24, 2.45) is 0 Å². The van der Waals surface area contributed by atoms with Gasteiger partial charge in [-0.05, 0) is 30.3 Å². The van der Waals surface area contributed by atoms with E-state index in [0.29, 0.717) is 4.47 Å². The molecule has 0 N–H and O–H groups in total. The van der Waals surface area contributed by atoms with Crippen LogP contribution < -0.4 is 0 Å². The van der Waals surface area contributed by atoms with Crippen LogP contribution in [-0.2, 0) is 13.1 Å². The monoisotopic (exact) mass is 331 g/mol. The van der Waals surface area contributed by atoms with Crippen LogP contribution in [0.15, 0.2) is 28.7 Å². The van der Waals surface area contributed by atoms with Crippen LogP contribution >= 0.6 is 38.9 Å². The quantitative estimate of drug-likeness (QED) is 0.857. The fourth-order valence-corrected chi connectivity index (χ4v) is 2.86. The molecule has 0 amide bonds. The summed E-state index contributed by atoms with van der Waals surface area (Å²) in [5.74, 6) is 0. The molecule has 17 heavy (non-hydrogen) atoms. The van der Waals surface area contributed by atoms with E-state index in [-0.39, 0.29) is 0 Å². The molecule has 0 radical (unpaired) electrons. The second kappa shape index (κ2) is 5.91. The van der Waals surface area contributed by atoms with Gasteiger partial charge in [-0.2, -0.15) is 0 Å². The zero-order valence-corrected chi connectivity index (χ0v) is 12.4. The van der Waals surface area contributed by atoms with Crippen molar-refractivity contribution in [3.8, 4) is 0 Å². The van der Waals surface area contributed by atoms with Crippen LogP contribution in [0.3, 0.4) is 0 Å². The van der Waals surface area contributed by atoms with Crippen molar-refractivity contribution in [2.75, 3.05) is 7.05 Å². The predicted molar refractivity (Wildman–Crippen MR) is 74.2 cm³/mol. The summed E-state index contributed by atoms with van der Waals surface area (Å²) < 4.78 is 1.62. The summed E-state index contributed by atoms with van der Waals surface area (Å²) in [4.78, 5) is 2.18. The van der Waals surface area contributed by atoms with Gasteiger partial charge in [-0.1, -0.05) is 45.5 Å². The van der Waals surface area contributed by atoms with Crippen molar-refractivity contribution >= 4 is 38.9 Å². The lowest BCUT2D eigenvalue weighted by Gasteiger charge is -2.15. The maximum atomic E-state index is 5.75. The Kier molecular flexibility index (Phi) is 4.50. The molecule has 0 aliphatic rings. The number of benzene rings is 1. The molecule has 1 aromatic carbocycles. The van der Waals surface area contributed by atoms with Crippen LogP contribution in [0.25, 0.3) is 0 Å². The third-order valence-electron chi connectivity index (χ3n) is 2.25. The summed E-state index contributed by atoms with van der Waals surface area (Å²) in [6.45, 7) is 1.62. The highest BCUT2D eigenvalue weighted by Crippen LogP contribution is 2.20. The zero-order valence-electron chi connectivity index (χ0n) is 9.23. The third-order valence-corrected chi connectivity index (χ3v) is 4.02. The first kappa shape index (κ1) is 13.0. The summed E-state index contributed by atoms with van der Waals surface area (Å²) in [5, 5.41) is 8.73. The van der Waals surface area contributed by atoms with E-state index in [1.165, 1.54) is 16.9 Å². The van der Waals surface area contributed by atoms with Crippen LogP contribution in [0.1, 0.15) is 10.6 Å². The maximum absolute atomic E-state index is 5.75. The summed E-state index contributed by atoms with van der Waals surface area (Å²) in [5.41, 5.74) is 1.26. The molecule has 2 rings (SSSR count). The lowest BCUT2D eigenvalue weighted by atomic mass is 10.2. The van der Waals surface area contributed by atoms with Crippen molar-refractivity contribution in [3.05, 3.63) is 43.8 Å². The van der Waals surface area contributed by atoms with Crippen LogP contribution in [0.5, 0.6) is 0 Å². The molecule has 1 aromatic heterocycles. The Bertz CT molecular complexity index is 503. The maximum Gasteiger partial charge on any atom is 0.207 e. The minimum Gasteiger partial charge on any atom is -0.295 e. The van der Waals surface area contributed by atoms with E-state index in [9.17, 15) is 0 Å². The van der Waals surface area contributed by atoms with Gasteiger partial charge in [0, 0.05) is 11.0 Å². The Morgan fingerprint density at radius 2 is 2.06 bits per heavy atom. The number of nitrogens with zero attached hydrogens (tertiary/aromatic N) is 3. The summed E-state index contributed by atoms with van der Waals surface area (Å²) in [6, 6.07) is 8.20. The van der Waals surface area contributed by atoms with Crippen LogP contribution in [0, 0.1) is 0 Å². The molecule has 2 aromatic rings. The van der Waals surface area contributed by atoms with Crippen molar-refractivity contribution in [1.82, 2.24) is 15.1 Å². The number of aromatic nitrogens is 2. The van der Waals surface area contributed by atoms with Gasteiger partial charge < -0.3 is 0 Å². The molecule has 3 nitrogen and oxygen atoms in total. The second-order valence-corrected chi connectivity index (χ2v) is 6.21. The molecule has 0 aliphatic carbocycles. The van der Waals surface area contributed by atoms with Gasteiger partial charge in [0.05, 0.1) is 6.54 Å². The van der Waals surface area contributed by atoms with Crippen molar-refractivity contribution in [3.63, 3.8) is 0 Å². The summed E-state index contributed by atoms with van der Waals surface area (Å²) in [6.07, 6.45) is 0. The molecular weight excluding hydrogens is 322 g/mol. The van der Waals surface area contributed by atoms with Crippen LogP contribution in [-0.4, -0.2) is 22.1 Å². The molecule has 0 unspecified atom stereocenters. The van der Waals surface area contributed by atoms with Gasteiger partial charge >= 0.3 is 0 Å². The van der Waals surface area contributed by atoms with E-state index in [0.717, 1.165) is 22.6 Å². The van der Waals surface area contributed by atoms with Crippen LogP contribution in [0.4, 0.5) is 0 Å². The number of hydrogen-bond acceptors (Lipinski definition) is 4. The van der Waals surface area contributed by atoms with Gasteiger partial charge in [0.1, 0.15) is 5.01 Å². The molecule has 6 heteroatoms. The number of halogens is 2. The van der Waals surface area contributed by atoms with E-state index in [2.05, 4.69) is 44.1 Å². The third kappa shape index (κ3) is 3.74. The fourth-order valence-electron chi connectivity index (χ4n) is 1.50. The van der Waals surface area contributed by atoms with Crippen molar-refractivity contribution in [1.29, 1.82) is 0 Å². The van der Waals surface area contributed by atoms with E-state index < -0.39 is 0 Å². The lowest BCUT2D eigenvalue weighted by Crippen LogP contribution is -2.17. The molecule has 0 fully saturated rings. The van der Waals surface area contributed by atoms with Gasteiger partial charge in [0.25, 0.3) is 0 Å². The SMILES string of the molecule is CN(Cc1nnc(Cl)s1)Cc1ccccc1Br. The highest BCUT2D eigenvalue weighted by atomic mass is 79.9. The topological polar surface area (TPSA) is 29.0 Å². The van der Waals surface area contributed by atoms with Gasteiger partial charge in [0.2, 0.25) is 4.47 Å². The molecule has 1 heterocycles. The number of hydrogen-bond donors (Lipinski definition) is 0. The average Bonchev–Trinajstić information content (AvgIpc) is 2.67. The van der Waals surface area contributed by atoms with E-state index in [1.54, 1.807) is 0 Å². The van der Waals surface area contributed by atoms with Crippen LogP contribution in [0.2, 0.25) is 4.47 Å². The first-order chi connectivity index (χ1) is 8.15. The first-order valence-electron chi connectivity index (χ1n) is 5.05. The smallest absolute Gasteiger partial charge is 0.207 e. The van der Waals surface area contributed by atoms with Gasteiger partial charge in [0.15, 0.2) is 0 Å². The highest BCUT2D eigenvalue weighted by molar-refractivity contribution is 9.10. The lowest BCUT2D eigenvalue weighted by molar-refractivity contribution is 0.317. The number of rotatable bonds is 4. The average molecular weight is 333 g/mol. The Morgan fingerprint density at radius 1 is 1.29 bits per heavy atom.